The molecule has 1 unspecified atom stereocenters. The lowest BCUT2D eigenvalue weighted by molar-refractivity contribution is 0.561. The summed E-state index contributed by atoms with van der Waals surface area (Å²) in [7, 11) is 0. The summed E-state index contributed by atoms with van der Waals surface area (Å²) in [5.41, 5.74) is 8.23. The summed E-state index contributed by atoms with van der Waals surface area (Å²) >= 11 is 0. The van der Waals surface area contributed by atoms with Crippen LogP contribution in [0.5, 0.6) is 0 Å². The highest BCUT2D eigenvalue weighted by Crippen LogP contribution is 2.14. The molecule has 0 saturated heterocycles. The fourth-order valence-corrected chi connectivity index (χ4v) is 1.39. The van der Waals surface area contributed by atoms with Crippen LogP contribution in [0.3, 0.4) is 0 Å². The number of pyridine rings is 1. The standard InChI is InChI=1S/C11H12N2O/c12-11(7-9-3-6-14-8-9)10-1-4-13-5-2-10/h1-6,8,11H,7,12H2. The van der Waals surface area contributed by atoms with Gasteiger partial charge in [-0.25, -0.2) is 0 Å². The molecule has 0 aliphatic rings. The van der Waals surface area contributed by atoms with Crippen molar-refractivity contribution >= 4 is 0 Å². The molecule has 0 amide bonds. The van der Waals surface area contributed by atoms with E-state index in [0.29, 0.717) is 0 Å². The molecule has 0 aliphatic carbocycles. The van der Waals surface area contributed by atoms with E-state index < -0.39 is 0 Å². The third kappa shape index (κ3) is 2.00. The lowest BCUT2D eigenvalue weighted by Gasteiger charge is -2.09. The molecule has 14 heavy (non-hydrogen) atoms. The first-order valence-corrected chi connectivity index (χ1v) is 4.53. The van der Waals surface area contributed by atoms with Gasteiger partial charge in [-0.05, 0) is 35.7 Å². The van der Waals surface area contributed by atoms with Crippen LogP contribution >= 0.6 is 0 Å². The lowest BCUT2D eigenvalue weighted by atomic mass is 10.0. The lowest BCUT2D eigenvalue weighted by Crippen LogP contribution is -2.12. The Morgan fingerprint density at radius 1 is 1.29 bits per heavy atom. The van der Waals surface area contributed by atoms with Gasteiger partial charge in [0.2, 0.25) is 0 Å². The highest BCUT2D eigenvalue weighted by Gasteiger charge is 2.06. The zero-order chi connectivity index (χ0) is 9.80. The van der Waals surface area contributed by atoms with E-state index in [2.05, 4.69) is 4.98 Å². The fourth-order valence-electron chi connectivity index (χ4n) is 1.39. The monoisotopic (exact) mass is 188 g/mol. The molecule has 0 fully saturated rings. The predicted octanol–water partition coefficient (Wildman–Crippen LogP) is 1.92. The molecule has 0 aromatic carbocycles. The van der Waals surface area contributed by atoms with Gasteiger partial charge < -0.3 is 10.2 Å². The summed E-state index contributed by atoms with van der Waals surface area (Å²) in [5, 5.41) is 0. The highest BCUT2D eigenvalue weighted by molar-refractivity contribution is 5.18. The second kappa shape index (κ2) is 4.07. The maximum Gasteiger partial charge on any atom is 0.0935 e. The van der Waals surface area contributed by atoms with Crippen molar-refractivity contribution in [2.45, 2.75) is 12.5 Å². The largest absolute Gasteiger partial charge is 0.472 e. The van der Waals surface area contributed by atoms with Crippen LogP contribution < -0.4 is 5.73 Å². The first-order valence-electron chi connectivity index (χ1n) is 4.53. The Hall–Kier alpha value is -1.61. The van der Waals surface area contributed by atoms with Crippen molar-refractivity contribution in [2.24, 2.45) is 5.73 Å². The minimum Gasteiger partial charge on any atom is -0.472 e. The normalized spacial score (nSPS) is 12.6. The molecule has 0 saturated carbocycles. The minimum atomic E-state index is 0.00981. The second-order valence-electron chi connectivity index (χ2n) is 3.22. The van der Waals surface area contributed by atoms with Gasteiger partial charge >= 0.3 is 0 Å². The van der Waals surface area contributed by atoms with Crippen LogP contribution in [0.15, 0.2) is 47.5 Å². The number of nitrogens with zero attached hydrogens (tertiary/aromatic N) is 1. The third-order valence-electron chi connectivity index (χ3n) is 2.17. The van der Waals surface area contributed by atoms with Crippen LogP contribution in [0.1, 0.15) is 17.2 Å². The molecule has 2 aromatic heterocycles. The van der Waals surface area contributed by atoms with Gasteiger partial charge in [-0.1, -0.05) is 0 Å². The zero-order valence-corrected chi connectivity index (χ0v) is 7.76. The molecule has 2 heterocycles. The zero-order valence-electron chi connectivity index (χ0n) is 7.76. The maximum absolute atomic E-state index is 6.02. The van der Waals surface area contributed by atoms with Crippen LogP contribution in [-0.4, -0.2) is 4.98 Å². The van der Waals surface area contributed by atoms with Gasteiger partial charge in [-0.3, -0.25) is 4.98 Å². The van der Waals surface area contributed by atoms with Crippen molar-refractivity contribution in [3.8, 4) is 0 Å². The van der Waals surface area contributed by atoms with Crippen molar-refractivity contribution in [3.05, 3.63) is 54.2 Å². The van der Waals surface area contributed by atoms with Gasteiger partial charge in [0.25, 0.3) is 0 Å². The molecule has 0 radical (unpaired) electrons. The topological polar surface area (TPSA) is 52.0 Å². The quantitative estimate of drug-likeness (QED) is 0.800. The number of hydrogen-bond acceptors (Lipinski definition) is 3. The van der Waals surface area contributed by atoms with Crippen molar-refractivity contribution in [3.63, 3.8) is 0 Å². The Bertz CT molecular complexity index is 369. The van der Waals surface area contributed by atoms with Crippen LogP contribution in [0.25, 0.3) is 0 Å². The summed E-state index contributed by atoms with van der Waals surface area (Å²) < 4.78 is 4.98. The van der Waals surface area contributed by atoms with Crippen LogP contribution in [0.4, 0.5) is 0 Å². The molecule has 2 rings (SSSR count). The average Bonchev–Trinajstić information content (AvgIpc) is 2.72. The van der Waals surface area contributed by atoms with Gasteiger partial charge in [-0.2, -0.15) is 0 Å². The smallest absolute Gasteiger partial charge is 0.0935 e. The Morgan fingerprint density at radius 2 is 2.07 bits per heavy atom. The van der Waals surface area contributed by atoms with E-state index in [9.17, 15) is 0 Å². The van der Waals surface area contributed by atoms with Gasteiger partial charge in [0.1, 0.15) is 0 Å². The number of hydrogen-bond donors (Lipinski definition) is 1. The van der Waals surface area contributed by atoms with E-state index in [1.165, 1.54) is 0 Å². The van der Waals surface area contributed by atoms with Crippen molar-refractivity contribution in [1.29, 1.82) is 0 Å². The molecule has 0 bridgehead atoms. The maximum atomic E-state index is 6.02. The molecule has 0 spiro atoms. The van der Waals surface area contributed by atoms with Gasteiger partial charge in [0.15, 0.2) is 0 Å². The number of furan rings is 1. The summed E-state index contributed by atoms with van der Waals surface area (Å²) in [5.74, 6) is 0. The third-order valence-corrected chi connectivity index (χ3v) is 2.17. The molecule has 72 valence electrons. The predicted molar refractivity (Wildman–Crippen MR) is 53.6 cm³/mol. The van der Waals surface area contributed by atoms with Gasteiger partial charge in [0.05, 0.1) is 12.5 Å². The van der Waals surface area contributed by atoms with Crippen molar-refractivity contribution < 1.29 is 4.42 Å². The van der Waals surface area contributed by atoms with E-state index in [1.807, 2.05) is 18.2 Å². The molecule has 1 atom stereocenters. The van der Waals surface area contributed by atoms with Crippen LogP contribution in [-0.2, 0) is 6.42 Å². The van der Waals surface area contributed by atoms with Crippen LogP contribution in [0, 0.1) is 0 Å². The summed E-state index contributed by atoms with van der Waals surface area (Å²) in [6.45, 7) is 0. The van der Waals surface area contributed by atoms with E-state index in [4.69, 9.17) is 10.2 Å². The number of aromatic nitrogens is 1. The van der Waals surface area contributed by atoms with E-state index in [1.54, 1.807) is 24.9 Å². The Morgan fingerprint density at radius 3 is 2.71 bits per heavy atom. The number of nitrogens with two attached hydrogens (primary N) is 1. The van der Waals surface area contributed by atoms with Gasteiger partial charge in [-0.15, -0.1) is 0 Å². The summed E-state index contributed by atoms with van der Waals surface area (Å²) in [6, 6.07) is 5.81. The van der Waals surface area contributed by atoms with E-state index >= 15 is 0 Å². The van der Waals surface area contributed by atoms with Crippen molar-refractivity contribution in [1.82, 2.24) is 4.98 Å². The van der Waals surface area contributed by atoms with E-state index in [-0.39, 0.29) is 6.04 Å². The molecular formula is C11H12N2O. The number of rotatable bonds is 3. The SMILES string of the molecule is NC(Cc1ccoc1)c1ccncc1. The Balaban J connectivity index is 2.07. The second-order valence-corrected chi connectivity index (χ2v) is 3.22. The molecule has 0 aliphatic heterocycles. The Labute approximate surface area is 82.6 Å². The van der Waals surface area contributed by atoms with Crippen molar-refractivity contribution in [2.75, 3.05) is 0 Å². The van der Waals surface area contributed by atoms with Gasteiger partial charge in [0, 0.05) is 18.4 Å². The molecule has 2 aromatic rings. The fraction of sp³-hybridized carbons (Fsp3) is 0.182. The molecule has 3 nitrogen and oxygen atoms in total. The highest BCUT2D eigenvalue weighted by atomic mass is 16.3. The first-order chi connectivity index (χ1) is 6.86. The van der Waals surface area contributed by atoms with E-state index in [0.717, 1.165) is 17.5 Å². The summed E-state index contributed by atoms with van der Waals surface area (Å²) in [6.07, 6.45) is 7.69. The first kappa shape index (κ1) is 8.97. The molecular weight excluding hydrogens is 176 g/mol. The Kier molecular flexibility index (Phi) is 2.60. The van der Waals surface area contributed by atoms with Crippen LogP contribution in [0.2, 0.25) is 0 Å². The molecule has 3 heteroatoms. The average molecular weight is 188 g/mol. The minimum absolute atomic E-state index is 0.00981. The molecule has 2 N–H and O–H groups in total. The summed E-state index contributed by atoms with van der Waals surface area (Å²) in [4.78, 5) is 3.95.